The molecule has 0 radical (unpaired) electrons. The summed E-state index contributed by atoms with van der Waals surface area (Å²) in [6.45, 7) is -1.85. The Labute approximate surface area is 163 Å². The van der Waals surface area contributed by atoms with Crippen molar-refractivity contribution in [3.8, 4) is 11.5 Å². The molecule has 0 aliphatic heterocycles. The van der Waals surface area contributed by atoms with Crippen LogP contribution >= 0.6 is 0 Å². The van der Waals surface area contributed by atoms with Crippen LogP contribution in [0, 0.1) is 10.1 Å². The number of rotatable bonds is 8. The van der Waals surface area contributed by atoms with Gasteiger partial charge in [0.25, 0.3) is 11.6 Å². The van der Waals surface area contributed by atoms with Crippen molar-refractivity contribution in [2.75, 3.05) is 12.4 Å². The van der Waals surface area contributed by atoms with E-state index in [1.54, 1.807) is 0 Å². The van der Waals surface area contributed by atoms with E-state index in [2.05, 4.69) is 10.1 Å². The maximum atomic E-state index is 12.5. The zero-order valence-electron chi connectivity index (χ0n) is 15.3. The average Bonchev–Trinajstić information content (AvgIpc) is 2.66. The lowest BCUT2D eigenvalue weighted by atomic mass is 10.1. The molecule has 0 aliphatic carbocycles. The second kappa shape index (κ2) is 9.40. The van der Waals surface area contributed by atoms with E-state index in [1.807, 2.05) is 0 Å². The van der Waals surface area contributed by atoms with Crippen LogP contribution in [-0.4, -0.2) is 30.3 Å². The second-order valence-electron chi connectivity index (χ2n) is 5.66. The van der Waals surface area contributed by atoms with E-state index in [9.17, 15) is 28.5 Å². The molecule has 0 heterocycles. The highest BCUT2D eigenvalue weighted by Crippen LogP contribution is 2.30. The third-order valence-corrected chi connectivity index (χ3v) is 3.67. The number of nitro benzene ring substituents is 1. The highest BCUT2D eigenvalue weighted by molar-refractivity contribution is 6.25. The molecule has 10 heteroatoms. The van der Waals surface area contributed by atoms with E-state index in [-0.39, 0.29) is 28.4 Å². The summed E-state index contributed by atoms with van der Waals surface area (Å²) in [5.74, 6) is -1.48. The Bertz CT molecular complexity index is 958. The van der Waals surface area contributed by atoms with Gasteiger partial charge in [0.1, 0.15) is 0 Å². The van der Waals surface area contributed by atoms with E-state index >= 15 is 0 Å². The number of benzene rings is 2. The molecule has 0 aromatic heterocycles. The van der Waals surface area contributed by atoms with Crippen LogP contribution in [0.3, 0.4) is 0 Å². The van der Waals surface area contributed by atoms with Crippen molar-refractivity contribution in [3.63, 3.8) is 0 Å². The van der Waals surface area contributed by atoms with Crippen LogP contribution < -0.4 is 14.8 Å². The van der Waals surface area contributed by atoms with Crippen molar-refractivity contribution in [2.24, 2.45) is 0 Å². The summed E-state index contributed by atoms with van der Waals surface area (Å²) in [4.78, 5) is 34.5. The molecule has 8 nitrogen and oxygen atoms in total. The van der Waals surface area contributed by atoms with Gasteiger partial charge in [0, 0.05) is 17.8 Å². The van der Waals surface area contributed by atoms with Crippen LogP contribution in [0.4, 0.5) is 20.2 Å². The Kier molecular flexibility index (Phi) is 6.96. The molecule has 0 unspecified atom stereocenters. The number of nitrogens with zero attached hydrogens (tertiary/aromatic N) is 1. The van der Waals surface area contributed by atoms with Gasteiger partial charge in [0.05, 0.1) is 17.6 Å². The summed E-state index contributed by atoms with van der Waals surface area (Å²) in [7, 11) is 1.26. The minimum atomic E-state index is -3.04. The lowest BCUT2D eigenvalue weighted by Crippen LogP contribution is -2.18. The Morgan fingerprint density at radius 1 is 1.14 bits per heavy atom. The number of halogens is 2. The number of anilines is 1. The van der Waals surface area contributed by atoms with E-state index in [1.165, 1.54) is 62.6 Å². The van der Waals surface area contributed by atoms with E-state index < -0.39 is 23.2 Å². The fourth-order valence-corrected chi connectivity index (χ4v) is 2.33. The minimum absolute atomic E-state index is 0.00210. The number of Topliss-reactive ketones (excluding diaryl/α,β-unsaturated/α-hetero) is 1. The molecule has 2 aromatic carbocycles. The van der Waals surface area contributed by atoms with Crippen LogP contribution in [0.2, 0.25) is 0 Å². The Balaban J connectivity index is 2.28. The average molecular weight is 406 g/mol. The fraction of sp³-hybridized carbons (Fsp3) is 0.158. The Morgan fingerprint density at radius 2 is 1.79 bits per heavy atom. The summed E-state index contributed by atoms with van der Waals surface area (Å²) in [6, 6.07) is 9.00. The minimum Gasteiger partial charge on any atom is -0.493 e. The molecule has 29 heavy (non-hydrogen) atoms. The summed E-state index contributed by atoms with van der Waals surface area (Å²) in [5, 5.41) is 13.1. The number of methoxy groups -OCH3 is 1. The van der Waals surface area contributed by atoms with Crippen LogP contribution in [-0.2, 0) is 9.59 Å². The second-order valence-corrected chi connectivity index (χ2v) is 5.66. The van der Waals surface area contributed by atoms with Crippen molar-refractivity contribution in [3.05, 3.63) is 63.7 Å². The molecule has 0 spiro atoms. The SMILES string of the molecule is COc1cc(/C=C(\C(C)=O)C(=O)Nc2ccc([N+](=O)[O-])cc2)ccc1OC(F)F. The number of non-ortho nitro benzene ring substituents is 1. The summed E-state index contributed by atoms with van der Waals surface area (Å²) < 4.78 is 34.1. The van der Waals surface area contributed by atoms with Gasteiger partial charge in [-0.3, -0.25) is 19.7 Å². The number of carbonyl (C=O) groups is 2. The van der Waals surface area contributed by atoms with Gasteiger partial charge in [0.2, 0.25) is 0 Å². The van der Waals surface area contributed by atoms with Crippen molar-refractivity contribution >= 4 is 29.1 Å². The number of ether oxygens (including phenoxy) is 2. The Morgan fingerprint density at radius 3 is 2.31 bits per heavy atom. The monoisotopic (exact) mass is 406 g/mol. The maximum absolute atomic E-state index is 12.5. The number of hydrogen-bond donors (Lipinski definition) is 1. The van der Waals surface area contributed by atoms with Gasteiger partial charge in [-0.2, -0.15) is 8.78 Å². The number of alkyl halides is 2. The van der Waals surface area contributed by atoms with Gasteiger partial charge in [-0.25, -0.2) is 0 Å². The molecule has 2 aromatic rings. The van der Waals surface area contributed by atoms with Crippen molar-refractivity contribution in [1.82, 2.24) is 0 Å². The molecule has 0 saturated carbocycles. The molecule has 0 aliphatic rings. The lowest BCUT2D eigenvalue weighted by Gasteiger charge is -2.11. The van der Waals surface area contributed by atoms with E-state index in [4.69, 9.17) is 4.74 Å². The molecule has 0 fully saturated rings. The first kappa shape index (κ1) is 21.5. The third-order valence-electron chi connectivity index (χ3n) is 3.67. The summed E-state index contributed by atoms with van der Waals surface area (Å²) in [6.07, 6.45) is 1.26. The van der Waals surface area contributed by atoms with Crippen molar-refractivity contribution in [1.29, 1.82) is 0 Å². The third kappa shape index (κ3) is 5.83. The molecular weight excluding hydrogens is 390 g/mol. The standard InChI is InChI=1S/C19H16F2N2O6/c1-11(24)15(18(25)22-13-4-6-14(7-5-13)23(26)27)9-12-3-8-16(29-19(20)21)17(10-12)28-2/h3-10,19H,1-2H3,(H,22,25)/b15-9+. The number of hydrogen-bond acceptors (Lipinski definition) is 6. The van der Waals surface area contributed by atoms with Gasteiger partial charge in [-0.1, -0.05) is 6.07 Å². The fourth-order valence-electron chi connectivity index (χ4n) is 2.33. The largest absolute Gasteiger partial charge is 0.493 e. The molecule has 1 N–H and O–H groups in total. The van der Waals surface area contributed by atoms with Crippen molar-refractivity contribution < 1.29 is 32.8 Å². The van der Waals surface area contributed by atoms with E-state index in [0.717, 1.165) is 0 Å². The Hall–Kier alpha value is -3.82. The van der Waals surface area contributed by atoms with Gasteiger partial charge < -0.3 is 14.8 Å². The predicted octanol–water partition coefficient (Wildman–Crippen LogP) is 3.82. The topological polar surface area (TPSA) is 108 Å². The summed E-state index contributed by atoms with van der Waals surface area (Å²) >= 11 is 0. The van der Waals surface area contributed by atoms with Crippen LogP contribution in [0.1, 0.15) is 12.5 Å². The van der Waals surface area contributed by atoms with Gasteiger partial charge in [-0.15, -0.1) is 0 Å². The quantitative estimate of drug-likeness (QED) is 0.235. The van der Waals surface area contributed by atoms with E-state index in [0.29, 0.717) is 5.56 Å². The molecule has 2 rings (SSSR count). The van der Waals surface area contributed by atoms with Crippen LogP contribution in [0.25, 0.3) is 6.08 Å². The molecular formula is C19H16F2N2O6. The highest BCUT2D eigenvalue weighted by atomic mass is 19.3. The zero-order valence-corrected chi connectivity index (χ0v) is 15.3. The van der Waals surface area contributed by atoms with Crippen molar-refractivity contribution in [2.45, 2.75) is 13.5 Å². The van der Waals surface area contributed by atoms with Gasteiger partial charge in [-0.05, 0) is 42.8 Å². The molecule has 1 amide bonds. The first-order chi connectivity index (χ1) is 13.7. The molecule has 0 atom stereocenters. The number of nitrogens with one attached hydrogen (secondary N) is 1. The lowest BCUT2D eigenvalue weighted by molar-refractivity contribution is -0.384. The highest BCUT2D eigenvalue weighted by Gasteiger charge is 2.17. The predicted molar refractivity (Wildman–Crippen MR) is 100 cm³/mol. The molecule has 0 saturated heterocycles. The smallest absolute Gasteiger partial charge is 0.387 e. The number of ketones is 1. The zero-order chi connectivity index (χ0) is 21.6. The summed E-state index contributed by atoms with van der Waals surface area (Å²) in [5.41, 5.74) is 0.231. The number of nitro groups is 1. The number of amides is 1. The van der Waals surface area contributed by atoms with Crippen LogP contribution in [0.15, 0.2) is 48.0 Å². The van der Waals surface area contributed by atoms with Gasteiger partial charge in [0.15, 0.2) is 17.3 Å². The van der Waals surface area contributed by atoms with Crippen LogP contribution in [0.5, 0.6) is 11.5 Å². The first-order valence-electron chi connectivity index (χ1n) is 8.12. The first-order valence-corrected chi connectivity index (χ1v) is 8.12. The molecule has 152 valence electrons. The normalized spacial score (nSPS) is 11.1. The molecule has 0 bridgehead atoms. The van der Waals surface area contributed by atoms with Gasteiger partial charge >= 0.3 is 6.61 Å². The number of carbonyl (C=O) groups excluding carboxylic acids is 2. The maximum Gasteiger partial charge on any atom is 0.387 e.